The molecule has 0 aromatic heterocycles. The van der Waals surface area contributed by atoms with Gasteiger partial charge in [0.1, 0.15) is 0 Å². The predicted molar refractivity (Wildman–Crippen MR) is 71.2 cm³/mol. The monoisotopic (exact) mass is 210 g/mol. The zero-order chi connectivity index (χ0) is 11.4. The molecule has 0 nitrogen and oxygen atoms in total. The van der Waals surface area contributed by atoms with E-state index in [1.807, 2.05) is 0 Å². The Bertz CT molecular complexity index is 125. The van der Waals surface area contributed by atoms with Gasteiger partial charge in [-0.25, -0.2) is 0 Å². The van der Waals surface area contributed by atoms with Crippen molar-refractivity contribution in [3.63, 3.8) is 0 Å². The van der Waals surface area contributed by atoms with Gasteiger partial charge in [-0.1, -0.05) is 71.4 Å². The Morgan fingerprint density at radius 1 is 0.800 bits per heavy atom. The summed E-state index contributed by atoms with van der Waals surface area (Å²) >= 11 is 0. The molecule has 0 atom stereocenters. The topological polar surface area (TPSA) is 0 Å². The van der Waals surface area contributed by atoms with E-state index in [2.05, 4.69) is 32.9 Å². The van der Waals surface area contributed by atoms with Crippen molar-refractivity contribution in [2.45, 2.75) is 78.6 Å². The van der Waals surface area contributed by atoms with E-state index in [9.17, 15) is 0 Å². The largest absolute Gasteiger partial charge is 0.0885 e. The van der Waals surface area contributed by atoms with Crippen LogP contribution in [0, 0.1) is 5.92 Å². The summed E-state index contributed by atoms with van der Waals surface area (Å²) in [7, 11) is 0. The summed E-state index contributed by atoms with van der Waals surface area (Å²) in [6, 6.07) is 0. The number of allylic oxidation sites excluding steroid dienone is 2. The summed E-state index contributed by atoms with van der Waals surface area (Å²) in [5.74, 6) is 0.864. The SMILES string of the molecule is CCC=CC(CCCCC)CCCCC. The van der Waals surface area contributed by atoms with E-state index in [1.54, 1.807) is 0 Å². The first-order valence-electron chi connectivity index (χ1n) is 7.01. The van der Waals surface area contributed by atoms with E-state index in [1.165, 1.54) is 57.8 Å². The van der Waals surface area contributed by atoms with Gasteiger partial charge >= 0.3 is 0 Å². The molecule has 0 saturated carbocycles. The first-order valence-corrected chi connectivity index (χ1v) is 7.01. The molecule has 0 saturated heterocycles. The molecular formula is C15H30. The number of rotatable bonds is 10. The van der Waals surface area contributed by atoms with Crippen molar-refractivity contribution in [1.29, 1.82) is 0 Å². The van der Waals surface area contributed by atoms with E-state index in [4.69, 9.17) is 0 Å². The van der Waals surface area contributed by atoms with Gasteiger partial charge in [-0.05, 0) is 25.2 Å². The van der Waals surface area contributed by atoms with Gasteiger partial charge < -0.3 is 0 Å². The molecule has 0 radical (unpaired) electrons. The van der Waals surface area contributed by atoms with E-state index in [-0.39, 0.29) is 0 Å². The second kappa shape index (κ2) is 11.8. The standard InChI is InChI=1S/C15H30/c1-4-7-10-13-15(12-9-6-3)14-11-8-5-2/h9,12,15H,4-8,10-11,13-14H2,1-3H3. The van der Waals surface area contributed by atoms with Gasteiger partial charge in [0, 0.05) is 0 Å². The molecule has 0 aromatic rings. The molecule has 0 bridgehead atoms. The lowest BCUT2D eigenvalue weighted by molar-refractivity contribution is 0.480. The summed E-state index contributed by atoms with van der Waals surface area (Å²) in [5, 5.41) is 0. The van der Waals surface area contributed by atoms with E-state index < -0.39 is 0 Å². The van der Waals surface area contributed by atoms with Crippen molar-refractivity contribution in [3.05, 3.63) is 12.2 Å². The van der Waals surface area contributed by atoms with Gasteiger partial charge in [-0.15, -0.1) is 0 Å². The zero-order valence-electron chi connectivity index (χ0n) is 11.1. The Labute approximate surface area is 97.2 Å². The van der Waals surface area contributed by atoms with Crippen molar-refractivity contribution in [3.8, 4) is 0 Å². The van der Waals surface area contributed by atoms with Gasteiger partial charge in [0.2, 0.25) is 0 Å². The van der Waals surface area contributed by atoms with Crippen LogP contribution in [-0.4, -0.2) is 0 Å². The van der Waals surface area contributed by atoms with Crippen LogP contribution in [0.2, 0.25) is 0 Å². The van der Waals surface area contributed by atoms with Crippen LogP contribution in [0.4, 0.5) is 0 Å². The minimum absolute atomic E-state index is 0.864. The maximum atomic E-state index is 2.46. The molecule has 0 aromatic carbocycles. The zero-order valence-corrected chi connectivity index (χ0v) is 11.1. The van der Waals surface area contributed by atoms with Crippen LogP contribution in [0.5, 0.6) is 0 Å². The van der Waals surface area contributed by atoms with Gasteiger partial charge in [-0.2, -0.15) is 0 Å². The molecule has 0 amide bonds. The average Bonchev–Trinajstić information content (AvgIpc) is 2.25. The summed E-state index contributed by atoms with van der Waals surface area (Å²) in [6.07, 6.45) is 17.2. The van der Waals surface area contributed by atoms with Crippen LogP contribution in [-0.2, 0) is 0 Å². The Balaban J connectivity index is 3.68. The van der Waals surface area contributed by atoms with E-state index in [0.29, 0.717) is 0 Å². The Morgan fingerprint density at radius 3 is 1.73 bits per heavy atom. The smallest absolute Gasteiger partial charge is 0.0234 e. The third-order valence-electron chi connectivity index (χ3n) is 3.00. The van der Waals surface area contributed by atoms with Crippen molar-refractivity contribution in [1.82, 2.24) is 0 Å². The highest BCUT2D eigenvalue weighted by molar-refractivity contribution is 4.87. The van der Waals surface area contributed by atoms with Crippen LogP contribution in [0.25, 0.3) is 0 Å². The predicted octanol–water partition coefficient (Wildman–Crippen LogP) is 5.73. The van der Waals surface area contributed by atoms with Crippen molar-refractivity contribution in [2.24, 2.45) is 5.92 Å². The highest BCUT2D eigenvalue weighted by Gasteiger charge is 2.03. The molecule has 90 valence electrons. The van der Waals surface area contributed by atoms with Gasteiger partial charge in [0.25, 0.3) is 0 Å². The van der Waals surface area contributed by atoms with Gasteiger partial charge in [0.15, 0.2) is 0 Å². The molecular weight excluding hydrogens is 180 g/mol. The van der Waals surface area contributed by atoms with Crippen LogP contribution in [0.1, 0.15) is 78.6 Å². The highest BCUT2D eigenvalue weighted by atomic mass is 14.1. The fourth-order valence-corrected chi connectivity index (χ4v) is 1.98. The molecule has 0 aliphatic heterocycles. The maximum absolute atomic E-state index is 2.46. The second-order valence-electron chi connectivity index (χ2n) is 4.59. The molecule has 0 N–H and O–H groups in total. The second-order valence-corrected chi connectivity index (χ2v) is 4.59. The van der Waals surface area contributed by atoms with E-state index >= 15 is 0 Å². The third kappa shape index (κ3) is 10.0. The summed E-state index contributed by atoms with van der Waals surface area (Å²) in [6.45, 7) is 6.80. The minimum atomic E-state index is 0.864. The molecule has 0 fully saturated rings. The number of unbranched alkanes of at least 4 members (excludes halogenated alkanes) is 4. The summed E-state index contributed by atoms with van der Waals surface area (Å²) in [5.41, 5.74) is 0. The lowest BCUT2D eigenvalue weighted by atomic mass is 9.94. The van der Waals surface area contributed by atoms with Crippen molar-refractivity contribution < 1.29 is 0 Å². The molecule has 0 heterocycles. The Kier molecular flexibility index (Phi) is 11.6. The van der Waals surface area contributed by atoms with Crippen LogP contribution in [0.3, 0.4) is 0 Å². The normalized spacial score (nSPS) is 11.7. The fourth-order valence-electron chi connectivity index (χ4n) is 1.98. The van der Waals surface area contributed by atoms with Crippen molar-refractivity contribution in [2.75, 3.05) is 0 Å². The summed E-state index contributed by atoms with van der Waals surface area (Å²) in [4.78, 5) is 0. The van der Waals surface area contributed by atoms with E-state index in [0.717, 1.165) is 5.92 Å². The van der Waals surface area contributed by atoms with Gasteiger partial charge in [-0.3, -0.25) is 0 Å². The van der Waals surface area contributed by atoms with Crippen LogP contribution in [0.15, 0.2) is 12.2 Å². The molecule has 15 heavy (non-hydrogen) atoms. The molecule has 0 unspecified atom stereocenters. The van der Waals surface area contributed by atoms with Crippen molar-refractivity contribution >= 4 is 0 Å². The highest BCUT2D eigenvalue weighted by Crippen LogP contribution is 2.19. The lowest BCUT2D eigenvalue weighted by Gasteiger charge is -2.12. The molecule has 0 spiro atoms. The van der Waals surface area contributed by atoms with Crippen LogP contribution < -0.4 is 0 Å². The van der Waals surface area contributed by atoms with Gasteiger partial charge in [0.05, 0.1) is 0 Å². The quantitative estimate of drug-likeness (QED) is 0.319. The molecule has 0 heteroatoms. The molecule has 0 aliphatic rings. The maximum Gasteiger partial charge on any atom is -0.0234 e. The first-order chi connectivity index (χ1) is 7.35. The van der Waals surface area contributed by atoms with Crippen LogP contribution >= 0.6 is 0 Å². The fraction of sp³-hybridized carbons (Fsp3) is 0.867. The Hall–Kier alpha value is -0.260. The minimum Gasteiger partial charge on any atom is -0.0885 e. The Morgan fingerprint density at radius 2 is 1.33 bits per heavy atom. The number of hydrogen-bond donors (Lipinski definition) is 0. The average molecular weight is 210 g/mol. The molecule has 0 aliphatic carbocycles. The lowest BCUT2D eigenvalue weighted by Crippen LogP contribution is -1.97. The summed E-state index contributed by atoms with van der Waals surface area (Å²) < 4.78 is 0. The molecule has 0 rings (SSSR count). The number of hydrogen-bond acceptors (Lipinski definition) is 0. The third-order valence-corrected chi connectivity index (χ3v) is 3.00. The first kappa shape index (κ1) is 14.7.